The maximum atomic E-state index is 4.27. The molecule has 2 rings (SSSR count). The molecule has 3 heteroatoms. The lowest BCUT2D eigenvalue weighted by Gasteiger charge is -2.22. The average Bonchev–Trinajstić information content (AvgIpc) is 2.78. The standard InChI is InChI=1S/C15H25N3/c1-4-8-17(3)11-14-6-9-18(12-14)15-5-7-16-13(2)10-15/h5,7,10,14H,4,6,8-9,11-12H2,1-3H3. The molecule has 1 aliphatic heterocycles. The van der Waals surface area contributed by atoms with Crippen molar-refractivity contribution >= 4 is 5.69 Å². The van der Waals surface area contributed by atoms with Gasteiger partial charge in [0.05, 0.1) is 0 Å². The molecule has 1 aliphatic rings. The fourth-order valence-corrected chi connectivity index (χ4v) is 2.86. The minimum absolute atomic E-state index is 0.815. The molecule has 1 atom stereocenters. The van der Waals surface area contributed by atoms with Crippen LogP contribution >= 0.6 is 0 Å². The van der Waals surface area contributed by atoms with Crippen molar-refractivity contribution in [2.24, 2.45) is 5.92 Å². The van der Waals surface area contributed by atoms with Crippen molar-refractivity contribution in [3.63, 3.8) is 0 Å². The zero-order valence-electron chi connectivity index (χ0n) is 11.9. The summed E-state index contributed by atoms with van der Waals surface area (Å²) < 4.78 is 0. The zero-order chi connectivity index (χ0) is 13.0. The second-order valence-electron chi connectivity index (χ2n) is 5.52. The van der Waals surface area contributed by atoms with E-state index in [0.29, 0.717) is 0 Å². The van der Waals surface area contributed by atoms with Gasteiger partial charge in [0.2, 0.25) is 0 Å². The van der Waals surface area contributed by atoms with Gasteiger partial charge in [-0.1, -0.05) is 6.92 Å². The number of rotatable bonds is 5. The number of pyridine rings is 1. The van der Waals surface area contributed by atoms with Crippen LogP contribution in [0.2, 0.25) is 0 Å². The zero-order valence-corrected chi connectivity index (χ0v) is 11.9. The predicted molar refractivity (Wildman–Crippen MR) is 77.1 cm³/mol. The molecule has 100 valence electrons. The van der Waals surface area contributed by atoms with Crippen molar-refractivity contribution in [2.45, 2.75) is 26.7 Å². The molecule has 0 saturated carbocycles. The van der Waals surface area contributed by atoms with E-state index in [1.807, 2.05) is 6.20 Å². The number of anilines is 1. The largest absolute Gasteiger partial charge is 0.371 e. The first-order valence-electron chi connectivity index (χ1n) is 7.05. The Labute approximate surface area is 111 Å². The monoisotopic (exact) mass is 247 g/mol. The third kappa shape index (κ3) is 3.45. The Kier molecular flexibility index (Phi) is 4.59. The van der Waals surface area contributed by atoms with Crippen LogP contribution in [-0.2, 0) is 0 Å². The highest BCUT2D eigenvalue weighted by atomic mass is 15.2. The SMILES string of the molecule is CCCN(C)CC1CCN(c2ccnc(C)c2)C1. The van der Waals surface area contributed by atoms with E-state index in [1.165, 1.54) is 44.7 Å². The van der Waals surface area contributed by atoms with Gasteiger partial charge in [0.25, 0.3) is 0 Å². The quantitative estimate of drug-likeness (QED) is 0.797. The maximum absolute atomic E-state index is 4.27. The fraction of sp³-hybridized carbons (Fsp3) is 0.667. The van der Waals surface area contributed by atoms with Gasteiger partial charge < -0.3 is 9.80 Å². The van der Waals surface area contributed by atoms with E-state index in [4.69, 9.17) is 0 Å². The molecule has 0 aliphatic carbocycles. The van der Waals surface area contributed by atoms with Gasteiger partial charge in [0.15, 0.2) is 0 Å². The van der Waals surface area contributed by atoms with Gasteiger partial charge in [-0.05, 0) is 51.4 Å². The number of hydrogen-bond acceptors (Lipinski definition) is 3. The van der Waals surface area contributed by atoms with E-state index in [-0.39, 0.29) is 0 Å². The minimum Gasteiger partial charge on any atom is -0.371 e. The summed E-state index contributed by atoms with van der Waals surface area (Å²) in [5, 5.41) is 0. The lowest BCUT2D eigenvalue weighted by atomic mass is 10.1. The van der Waals surface area contributed by atoms with Gasteiger partial charge in [-0.3, -0.25) is 4.98 Å². The first kappa shape index (κ1) is 13.3. The van der Waals surface area contributed by atoms with Crippen LogP contribution in [-0.4, -0.2) is 43.1 Å². The molecule has 1 fully saturated rings. The first-order valence-corrected chi connectivity index (χ1v) is 7.05. The van der Waals surface area contributed by atoms with Gasteiger partial charge in [-0.2, -0.15) is 0 Å². The molecule has 1 aromatic heterocycles. The summed E-state index contributed by atoms with van der Waals surface area (Å²) in [6, 6.07) is 4.32. The number of aryl methyl sites for hydroxylation is 1. The van der Waals surface area contributed by atoms with Crippen molar-refractivity contribution < 1.29 is 0 Å². The van der Waals surface area contributed by atoms with Gasteiger partial charge in [-0.25, -0.2) is 0 Å². The highest BCUT2D eigenvalue weighted by Crippen LogP contribution is 2.24. The van der Waals surface area contributed by atoms with Crippen LogP contribution in [0.3, 0.4) is 0 Å². The summed E-state index contributed by atoms with van der Waals surface area (Å²) in [6.07, 6.45) is 4.48. The Hall–Kier alpha value is -1.09. The molecule has 0 N–H and O–H groups in total. The van der Waals surface area contributed by atoms with Crippen LogP contribution in [0.25, 0.3) is 0 Å². The highest BCUT2D eigenvalue weighted by Gasteiger charge is 2.23. The number of nitrogens with zero attached hydrogens (tertiary/aromatic N) is 3. The second-order valence-corrected chi connectivity index (χ2v) is 5.52. The van der Waals surface area contributed by atoms with Crippen molar-refractivity contribution in [1.82, 2.24) is 9.88 Å². The molecule has 3 nitrogen and oxygen atoms in total. The van der Waals surface area contributed by atoms with Gasteiger partial charge >= 0.3 is 0 Å². The van der Waals surface area contributed by atoms with Gasteiger partial charge in [0.1, 0.15) is 0 Å². The third-order valence-corrected chi connectivity index (χ3v) is 3.71. The van der Waals surface area contributed by atoms with Crippen LogP contribution in [0.15, 0.2) is 18.3 Å². The molecule has 1 saturated heterocycles. The summed E-state index contributed by atoms with van der Waals surface area (Å²) in [5.74, 6) is 0.815. The summed E-state index contributed by atoms with van der Waals surface area (Å²) in [6.45, 7) is 9.13. The summed E-state index contributed by atoms with van der Waals surface area (Å²) in [4.78, 5) is 9.23. The molecule has 0 spiro atoms. The van der Waals surface area contributed by atoms with E-state index in [2.05, 4.69) is 47.8 Å². The molecule has 2 heterocycles. The third-order valence-electron chi connectivity index (χ3n) is 3.71. The Balaban J connectivity index is 1.88. The number of hydrogen-bond donors (Lipinski definition) is 0. The molecule has 0 bridgehead atoms. The molecule has 1 aromatic rings. The van der Waals surface area contributed by atoms with Gasteiger partial charge in [0, 0.05) is 37.2 Å². The van der Waals surface area contributed by atoms with Crippen molar-refractivity contribution in [1.29, 1.82) is 0 Å². The van der Waals surface area contributed by atoms with E-state index < -0.39 is 0 Å². The molecular formula is C15H25N3. The van der Waals surface area contributed by atoms with Crippen molar-refractivity contribution in [3.05, 3.63) is 24.0 Å². The Bertz CT molecular complexity index is 378. The Morgan fingerprint density at radius 1 is 1.50 bits per heavy atom. The summed E-state index contributed by atoms with van der Waals surface area (Å²) in [5.41, 5.74) is 2.45. The van der Waals surface area contributed by atoms with Crippen molar-refractivity contribution in [3.8, 4) is 0 Å². The molecule has 0 amide bonds. The lowest BCUT2D eigenvalue weighted by molar-refractivity contribution is 0.287. The average molecular weight is 247 g/mol. The Morgan fingerprint density at radius 2 is 2.33 bits per heavy atom. The maximum Gasteiger partial charge on any atom is 0.0399 e. The van der Waals surface area contributed by atoms with Crippen molar-refractivity contribution in [2.75, 3.05) is 38.1 Å². The van der Waals surface area contributed by atoms with E-state index in [1.54, 1.807) is 0 Å². The van der Waals surface area contributed by atoms with E-state index in [9.17, 15) is 0 Å². The molecule has 18 heavy (non-hydrogen) atoms. The Morgan fingerprint density at radius 3 is 3.06 bits per heavy atom. The van der Waals surface area contributed by atoms with E-state index in [0.717, 1.165) is 11.6 Å². The second kappa shape index (κ2) is 6.19. The fourth-order valence-electron chi connectivity index (χ4n) is 2.86. The van der Waals surface area contributed by atoms with Crippen LogP contribution in [0.5, 0.6) is 0 Å². The topological polar surface area (TPSA) is 19.4 Å². The first-order chi connectivity index (χ1) is 8.69. The molecule has 0 radical (unpaired) electrons. The molecular weight excluding hydrogens is 222 g/mol. The highest BCUT2D eigenvalue weighted by molar-refractivity contribution is 5.47. The van der Waals surface area contributed by atoms with Crippen LogP contribution in [0.1, 0.15) is 25.5 Å². The lowest BCUT2D eigenvalue weighted by Crippen LogP contribution is -2.28. The molecule has 0 aromatic carbocycles. The number of aromatic nitrogens is 1. The van der Waals surface area contributed by atoms with Crippen LogP contribution < -0.4 is 4.90 Å². The van der Waals surface area contributed by atoms with Crippen LogP contribution in [0.4, 0.5) is 5.69 Å². The van der Waals surface area contributed by atoms with Gasteiger partial charge in [-0.15, -0.1) is 0 Å². The minimum atomic E-state index is 0.815. The predicted octanol–water partition coefficient (Wildman–Crippen LogP) is 2.56. The summed E-state index contributed by atoms with van der Waals surface area (Å²) >= 11 is 0. The smallest absolute Gasteiger partial charge is 0.0399 e. The summed E-state index contributed by atoms with van der Waals surface area (Å²) in [7, 11) is 2.24. The van der Waals surface area contributed by atoms with E-state index >= 15 is 0 Å². The normalized spacial score (nSPS) is 19.8. The molecule has 1 unspecified atom stereocenters. The van der Waals surface area contributed by atoms with Crippen LogP contribution in [0, 0.1) is 12.8 Å².